The molecule has 0 N–H and O–H groups in total. The van der Waals surface area contributed by atoms with Crippen molar-refractivity contribution in [2.45, 2.75) is 78.4 Å². The molecule has 0 saturated heterocycles. The van der Waals surface area contributed by atoms with E-state index in [1.54, 1.807) is 14.2 Å². The number of rotatable bonds is 8. The Morgan fingerprint density at radius 3 is 1.25 bits per heavy atom. The number of hydrogen-bond acceptors (Lipinski definition) is 2. The summed E-state index contributed by atoms with van der Waals surface area (Å²) in [6.45, 7) is 8.90. The van der Waals surface area contributed by atoms with Gasteiger partial charge in [0.2, 0.25) is 0 Å². The Morgan fingerprint density at radius 1 is 0.750 bits per heavy atom. The minimum atomic E-state index is 0.501. The Hall–Kier alpha value is -0.0800. The molecule has 0 heterocycles. The molecule has 2 nitrogen and oxygen atoms in total. The van der Waals surface area contributed by atoms with Crippen molar-refractivity contribution in [2.75, 3.05) is 14.2 Å². The zero-order valence-electron chi connectivity index (χ0n) is 12.2. The quantitative estimate of drug-likeness (QED) is 0.616. The van der Waals surface area contributed by atoms with Crippen LogP contribution in [-0.4, -0.2) is 26.4 Å². The van der Waals surface area contributed by atoms with E-state index < -0.39 is 0 Å². The van der Waals surface area contributed by atoms with Gasteiger partial charge in [0.15, 0.2) is 0 Å². The van der Waals surface area contributed by atoms with E-state index in [9.17, 15) is 0 Å². The maximum atomic E-state index is 6.03. The van der Waals surface area contributed by atoms with Gasteiger partial charge in [-0.05, 0) is 25.7 Å². The van der Waals surface area contributed by atoms with Crippen LogP contribution < -0.4 is 0 Å². The normalized spacial score (nSPS) is 13.9. The molecular formula is C14H32O2. The van der Waals surface area contributed by atoms with Crippen LogP contribution in [0.25, 0.3) is 0 Å². The second-order valence-corrected chi connectivity index (χ2v) is 4.18. The molecule has 0 bridgehead atoms. The lowest BCUT2D eigenvalue weighted by Gasteiger charge is -2.22. The minimum absolute atomic E-state index is 0.501. The Bertz CT molecular complexity index is 103. The first-order valence-corrected chi connectivity index (χ1v) is 6.75. The predicted octanol–water partition coefficient (Wildman–Crippen LogP) is 4.42. The molecule has 16 heavy (non-hydrogen) atoms. The van der Waals surface area contributed by atoms with E-state index >= 15 is 0 Å². The van der Waals surface area contributed by atoms with Crippen LogP contribution in [0, 0.1) is 0 Å². The fraction of sp³-hybridized carbons (Fsp3) is 1.00. The highest BCUT2D eigenvalue weighted by molar-refractivity contribution is 4.60. The molecule has 0 aromatic carbocycles. The van der Waals surface area contributed by atoms with Crippen LogP contribution in [0.1, 0.15) is 66.2 Å². The third kappa shape index (κ3) is 12.0. The largest absolute Gasteiger partial charge is 0.388 e. The van der Waals surface area contributed by atoms with E-state index in [0.29, 0.717) is 12.2 Å². The molecule has 0 rings (SSSR count). The number of hydrogen-bond donors (Lipinski definition) is 0. The lowest BCUT2D eigenvalue weighted by molar-refractivity contribution is -0.0241. The highest BCUT2D eigenvalue weighted by Crippen LogP contribution is 2.14. The van der Waals surface area contributed by atoms with Gasteiger partial charge in [-0.2, -0.15) is 0 Å². The van der Waals surface area contributed by atoms with Crippen LogP contribution in [0.2, 0.25) is 0 Å². The van der Waals surface area contributed by atoms with Gasteiger partial charge < -0.3 is 9.47 Å². The molecule has 2 atom stereocenters. The van der Waals surface area contributed by atoms with E-state index in [1.807, 2.05) is 0 Å². The summed E-state index contributed by atoms with van der Waals surface area (Å²) in [6.07, 6.45) is 8.24. The van der Waals surface area contributed by atoms with E-state index in [0.717, 1.165) is 12.8 Å². The number of methoxy groups -OCH3 is 1. The smallest absolute Gasteiger partial charge is 0.0576 e. The van der Waals surface area contributed by atoms with Crippen molar-refractivity contribution in [1.29, 1.82) is 0 Å². The standard InChI is InChI=1S/C12H26O.C2H6O/c1-5-9-11(7-3)13-12(8-4)10-6-2;1-3-2/h11-12H,5-10H2,1-4H3;1-2H3. The van der Waals surface area contributed by atoms with Crippen molar-refractivity contribution >= 4 is 0 Å². The lowest BCUT2D eigenvalue weighted by atomic mass is 10.1. The maximum Gasteiger partial charge on any atom is 0.0576 e. The van der Waals surface area contributed by atoms with Crippen molar-refractivity contribution in [1.82, 2.24) is 0 Å². The summed E-state index contributed by atoms with van der Waals surface area (Å²) in [7, 11) is 3.25. The van der Waals surface area contributed by atoms with Gasteiger partial charge >= 0.3 is 0 Å². The Balaban J connectivity index is 0. The van der Waals surface area contributed by atoms with Crippen LogP contribution in [0.15, 0.2) is 0 Å². The summed E-state index contributed by atoms with van der Waals surface area (Å²) >= 11 is 0. The molecule has 0 aliphatic heterocycles. The van der Waals surface area contributed by atoms with Crippen LogP contribution in [0.4, 0.5) is 0 Å². The van der Waals surface area contributed by atoms with Gasteiger partial charge in [-0.3, -0.25) is 0 Å². The fourth-order valence-corrected chi connectivity index (χ4v) is 1.65. The topological polar surface area (TPSA) is 18.5 Å². The molecule has 0 fully saturated rings. The van der Waals surface area contributed by atoms with Crippen molar-refractivity contribution in [2.24, 2.45) is 0 Å². The second kappa shape index (κ2) is 14.9. The van der Waals surface area contributed by atoms with Gasteiger partial charge in [0, 0.05) is 14.2 Å². The van der Waals surface area contributed by atoms with E-state index in [2.05, 4.69) is 32.4 Å². The predicted molar refractivity (Wildman–Crippen MR) is 72.0 cm³/mol. The highest BCUT2D eigenvalue weighted by Gasteiger charge is 2.11. The monoisotopic (exact) mass is 232 g/mol. The summed E-state index contributed by atoms with van der Waals surface area (Å²) in [5.41, 5.74) is 0. The molecule has 2 heteroatoms. The average molecular weight is 232 g/mol. The molecule has 0 aromatic rings. The molecule has 0 amide bonds. The zero-order valence-corrected chi connectivity index (χ0v) is 12.2. The van der Waals surface area contributed by atoms with E-state index in [-0.39, 0.29) is 0 Å². The molecule has 0 radical (unpaired) electrons. The lowest BCUT2D eigenvalue weighted by Crippen LogP contribution is -2.21. The third-order valence-electron chi connectivity index (χ3n) is 2.52. The van der Waals surface area contributed by atoms with Crippen molar-refractivity contribution in [3.63, 3.8) is 0 Å². The van der Waals surface area contributed by atoms with Gasteiger partial charge in [-0.25, -0.2) is 0 Å². The summed E-state index contributed by atoms with van der Waals surface area (Å²) in [4.78, 5) is 0. The summed E-state index contributed by atoms with van der Waals surface area (Å²) in [6, 6.07) is 0. The molecule has 100 valence electrons. The molecule has 2 unspecified atom stereocenters. The van der Waals surface area contributed by atoms with Crippen LogP contribution in [0.5, 0.6) is 0 Å². The first kappa shape index (κ1) is 18.3. The van der Waals surface area contributed by atoms with Crippen LogP contribution in [-0.2, 0) is 9.47 Å². The molecule has 0 aliphatic carbocycles. The molecule has 0 saturated carbocycles. The maximum absolute atomic E-state index is 6.03. The van der Waals surface area contributed by atoms with Crippen molar-refractivity contribution in [3.8, 4) is 0 Å². The Labute approximate surface area is 103 Å². The van der Waals surface area contributed by atoms with Gasteiger partial charge in [0.1, 0.15) is 0 Å². The SMILES string of the molecule is CCCC(CC)OC(CC)CCC.COC. The third-order valence-corrected chi connectivity index (χ3v) is 2.52. The fourth-order valence-electron chi connectivity index (χ4n) is 1.65. The van der Waals surface area contributed by atoms with Gasteiger partial charge in [0.25, 0.3) is 0 Å². The first-order valence-electron chi connectivity index (χ1n) is 6.75. The summed E-state index contributed by atoms with van der Waals surface area (Å²) < 4.78 is 10.3. The Morgan fingerprint density at radius 2 is 1.06 bits per heavy atom. The van der Waals surface area contributed by atoms with Gasteiger partial charge in [0.05, 0.1) is 12.2 Å². The molecular weight excluding hydrogens is 200 g/mol. The number of ether oxygens (including phenoxy) is 2. The van der Waals surface area contributed by atoms with Crippen LogP contribution in [0.3, 0.4) is 0 Å². The average Bonchev–Trinajstić information content (AvgIpc) is 2.28. The molecule has 0 aromatic heterocycles. The summed E-state index contributed by atoms with van der Waals surface area (Å²) in [5.74, 6) is 0. The second-order valence-electron chi connectivity index (χ2n) is 4.18. The zero-order chi connectivity index (χ0) is 12.8. The van der Waals surface area contributed by atoms with Gasteiger partial charge in [-0.1, -0.05) is 40.5 Å². The Kier molecular flexibility index (Phi) is 17.1. The minimum Gasteiger partial charge on any atom is -0.388 e. The highest BCUT2D eigenvalue weighted by atomic mass is 16.5. The van der Waals surface area contributed by atoms with E-state index in [4.69, 9.17) is 4.74 Å². The molecule has 0 aliphatic rings. The summed E-state index contributed by atoms with van der Waals surface area (Å²) in [5, 5.41) is 0. The van der Waals surface area contributed by atoms with Gasteiger partial charge in [-0.15, -0.1) is 0 Å². The molecule has 0 spiro atoms. The first-order chi connectivity index (χ1) is 7.69. The van der Waals surface area contributed by atoms with Crippen molar-refractivity contribution < 1.29 is 9.47 Å². The van der Waals surface area contributed by atoms with E-state index in [1.165, 1.54) is 25.7 Å². The van der Waals surface area contributed by atoms with Crippen molar-refractivity contribution in [3.05, 3.63) is 0 Å². The van der Waals surface area contributed by atoms with Crippen LogP contribution >= 0.6 is 0 Å².